The summed E-state index contributed by atoms with van der Waals surface area (Å²) in [4.78, 5) is 36.0. The predicted octanol–water partition coefficient (Wildman–Crippen LogP) is -1.54. The number of urea groups is 1. The maximum absolute atomic E-state index is 11.7. The lowest BCUT2D eigenvalue weighted by Crippen LogP contribution is -2.46. The van der Waals surface area contributed by atoms with Crippen molar-refractivity contribution in [1.82, 2.24) is 20.4 Å². The highest BCUT2D eigenvalue weighted by molar-refractivity contribution is 5.84. The molecule has 1 heterocycles. The number of carboxylic acid groups (broad SMARTS) is 2. The normalized spacial score (nSPS) is 15.4. The van der Waals surface area contributed by atoms with E-state index in [9.17, 15) is 14.4 Å². The first-order valence-corrected chi connectivity index (χ1v) is 6.88. The average Bonchev–Trinajstić information content (AvgIpc) is 2.43. The van der Waals surface area contributed by atoms with Gasteiger partial charge in [-0.25, -0.2) is 4.79 Å². The number of nitrogens with one attached hydrogen (secondary N) is 2. The van der Waals surface area contributed by atoms with Crippen LogP contribution in [-0.4, -0.2) is 90.3 Å². The van der Waals surface area contributed by atoms with Gasteiger partial charge >= 0.3 is 18.0 Å². The molecule has 0 saturated carbocycles. The summed E-state index contributed by atoms with van der Waals surface area (Å²) in [6, 6.07) is -0.667. The molecule has 9 heteroatoms. The van der Waals surface area contributed by atoms with Gasteiger partial charge in [0.05, 0.1) is 0 Å². The lowest BCUT2D eigenvalue weighted by atomic mass is 10.3. The maximum atomic E-state index is 11.7. The predicted molar refractivity (Wildman–Crippen MR) is 74.2 cm³/mol. The molecular weight excluding hydrogens is 280 g/mol. The molecule has 0 bridgehead atoms. The molecule has 120 valence electrons. The van der Waals surface area contributed by atoms with Crippen LogP contribution >= 0.6 is 0 Å². The number of carbonyl (C=O) groups excluding carboxylic acids is 1. The van der Waals surface area contributed by atoms with E-state index in [1.54, 1.807) is 0 Å². The number of aliphatic carboxylic acids is 2. The van der Waals surface area contributed by atoms with Gasteiger partial charge in [0, 0.05) is 32.7 Å². The van der Waals surface area contributed by atoms with Crippen LogP contribution in [0.15, 0.2) is 0 Å². The van der Waals surface area contributed by atoms with Crippen molar-refractivity contribution in [2.24, 2.45) is 0 Å². The minimum absolute atomic E-state index is 0.387. The van der Waals surface area contributed by atoms with Gasteiger partial charge in [0.15, 0.2) is 0 Å². The zero-order chi connectivity index (χ0) is 15.7. The molecule has 0 aromatic carbocycles. The van der Waals surface area contributed by atoms with Crippen LogP contribution in [0.1, 0.15) is 6.42 Å². The highest BCUT2D eigenvalue weighted by Gasteiger charge is 2.19. The summed E-state index contributed by atoms with van der Waals surface area (Å²) in [6.07, 6.45) is 0.736. The first-order chi connectivity index (χ1) is 9.99. The molecule has 0 radical (unpaired) electrons. The van der Waals surface area contributed by atoms with E-state index in [0.717, 1.165) is 44.0 Å². The Morgan fingerprint density at radius 2 is 1.67 bits per heavy atom. The monoisotopic (exact) mass is 302 g/mol. The van der Waals surface area contributed by atoms with E-state index >= 15 is 0 Å². The van der Waals surface area contributed by atoms with Gasteiger partial charge in [0.2, 0.25) is 0 Å². The van der Waals surface area contributed by atoms with Crippen LogP contribution < -0.4 is 10.6 Å². The fraction of sp³-hybridized carbons (Fsp3) is 0.750. The van der Waals surface area contributed by atoms with Crippen LogP contribution in [0, 0.1) is 0 Å². The van der Waals surface area contributed by atoms with Crippen molar-refractivity contribution >= 4 is 18.0 Å². The third-order valence-electron chi connectivity index (χ3n) is 3.08. The summed E-state index contributed by atoms with van der Waals surface area (Å²) in [5.41, 5.74) is 0. The third kappa shape index (κ3) is 7.47. The second kappa shape index (κ2) is 9.14. The molecule has 0 aromatic heterocycles. The van der Waals surface area contributed by atoms with Crippen LogP contribution in [0.2, 0.25) is 0 Å². The van der Waals surface area contributed by atoms with Crippen molar-refractivity contribution in [3.8, 4) is 0 Å². The van der Waals surface area contributed by atoms with Crippen LogP contribution in [0.25, 0.3) is 0 Å². The van der Waals surface area contributed by atoms with Crippen molar-refractivity contribution in [1.29, 1.82) is 0 Å². The molecule has 4 N–H and O–H groups in total. The molecule has 0 aliphatic carbocycles. The van der Waals surface area contributed by atoms with Gasteiger partial charge in [-0.2, -0.15) is 0 Å². The second-order valence-corrected chi connectivity index (χ2v) is 4.82. The van der Waals surface area contributed by atoms with Crippen LogP contribution in [0.5, 0.6) is 0 Å². The standard InChI is InChI=1S/C12H22N4O5/c17-10(18)8-16(9-11(19)20)12(21)14-2-1-5-15-6-3-13-4-7-15/h13H,1-9H2,(H,14,21)(H,17,18)(H,19,20). The van der Waals surface area contributed by atoms with Crippen molar-refractivity contribution in [3.63, 3.8) is 0 Å². The number of amides is 2. The molecule has 0 aromatic rings. The Bertz CT molecular complexity index is 355. The Kier molecular flexibility index (Phi) is 7.48. The Morgan fingerprint density at radius 3 is 2.19 bits per heavy atom. The summed E-state index contributed by atoms with van der Waals surface area (Å²) < 4.78 is 0. The number of carbonyl (C=O) groups is 3. The molecule has 0 unspecified atom stereocenters. The van der Waals surface area contributed by atoms with E-state index in [-0.39, 0.29) is 0 Å². The molecule has 1 rings (SSSR count). The summed E-state index contributed by atoms with van der Waals surface area (Å²) in [5.74, 6) is -2.49. The Balaban J connectivity index is 2.25. The quantitative estimate of drug-likeness (QED) is 0.401. The van der Waals surface area contributed by atoms with Gasteiger partial charge in [-0.1, -0.05) is 0 Å². The molecule has 9 nitrogen and oxygen atoms in total. The van der Waals surface area contributed by atoms with Crippen molar-refractivity contribution < 1.29 is 24.6 Å². The molecule has 2 amide bonds. The van der Waals surface area contributed by atoms with Gasteiger partial charge in [0.25, 0.3) is 0 Å². The van der Waals surface area contributed by atoms with E-state index in [4.69, 9.17) is 10.2 Å². The molecule has 1 aliphatic rings. The summed E-state index contributed by atoms with van der Waals surface area (Å²) in [5, 5.41) is 23.1. The first kappa shape index (κ1) is 17.2. The minimum Gasteiger partial charge on any atom is -0.480 e. The number of hydrogen-bond acceptors (Lipinski definition) is 5. The van der Waals surface area contributed by atoms with E-state index in [0.29, 0.717) is 6.54 Å². The van der Waals surface area contributed by atoms with Crippen LogP contribution in [-0.2, 0) is 9.59 Å². The Morgan fingerprint density at radius 1 is 1.10 bits per heavy atom. The maximum Gasteiger partial charge on any atom is 0.323 e. The fourth-order valence-electron chi connectivity index (χ4n) is 2.07. The van der Waals surface area contributed by atoms with Gasteiger partial charge in [-0.05, 0) is 13.0 Å². The van der Waals surface area contributed by atoms with Gasteiger partial charge in [-0.15, -0.1) is 0 Å². The number of rotatable bonds is 8. The number of nitrogens with zero attached hydrogens (tertiary/aromatic N) is 2. The summed E-state index contributed by atoms with van der Waals surface area (Å²) in [6.45, 7) is 3.83. The van der Waals surface area contributed by atoms with E-state index in [2.05, 4.69) is 15.5 Å². The third-order valence-corrected chi connectivity index (χ3v) is 3.08. The molecular formula is C12H22N4O5. The van der Waals surface area contributed by atoms with E-state index < -0.39 is 31.1 Å². The highest BCUT2D eigenvalue weighted by Crippen LogP contribution is 1.95. The average molecular weight is 302 g/mol. The number of piperazine rings is 1. The molecule has 1 saturated heterocycles. The first-order valence-electron chi connectivity index (χ1n) is 6.88. The molecule has 1 fully saturated rings. The number of carboxylic acids is 2. The molecule has 0 atom stereocenters. The minimum atomic E-state index is -1.24. The summed E-state index contributed by atoms with van der Waals surface area (Å²) in [7, 11) is 0. The van der Waals surface area contributed by atoms with Crippen LogP contribution in [0.4, 0.5) is 4.79 Å². The lowest BCUT2D eigenvalue weighted by Gasteiger charge is -2.27. The molecule has 1 aliphatic heterocycles. The van der Waals surface area contributed by atoms with Gasteiger partial charge < -0.3 is 30.6 Å². The van der Waals surface area contributed by atoms with Crippen molar-refractivity contribution in [2.75, 3.05) is 52.4 Å². The lowest BCUT2D eigenvalue weighted by molar-refractivity contribution is -0.140. The Hall–Kier alpha value is -1.87. The fourth-order valence-corrected chi connectivity index (χ4v) is 2.07. The smallest absolute Gasteiger partial charge is 0.323 e. The van der Waals surface area contributed by atoms with Crippen molar-refractivity contribution in [3.05, 3.63) is 0 Å². The van der Waals surface area contributed by atoms with Crippen molar-refractivity contribution in [2.45, 2.75) is 6.42 Å². The zero-order valence-electron chi connectivity index (χ0n) is 11.9. The highest BCUT2D eigenvalue weighted by atomic mass is 16.4. The topological polar surface area (TPSA) is 122 Å². The van der Waals surface area contributed by atoms with E-state index in [1.807, 2.05) is 0 Å². The zero-order valence-corrected chi connectivity index (χ0v) is 11.9. The second-order valence-electron chi connectivity index (χ2n) is 4.82. The van der Waals surface area contributed by atoms with Gasteiger partial charge in [0.1, 0.15) is 13.1 Å². The summed E-state index contributed by atoms with van der Waals surface area (Å²) >= 11 is 0. The Labute approximate surface area is 122 Å². The SMILES string of the molecule is O=C(O)CN(CC(=O)O)C(=O)NCCCN1CCNCC1. The largest absolute Gasteiger partial charge is 0.480 e. The molecule has 0 spiro atoms. The van der Waals surface area contributed by atoms with Crippen LogP contribution in [0.3, 0.4) is 0 Å². The number of hydrogen-bond donors (Lipinski definition) is 4. The van der Waals surface area contributed by atoms with E-state index in [1.165, 1.54) is 0 Å². The van der Waals surface area contributed by atoms with Gasteiger partial charge in [-0.3, -0.25) is 9.59 Å². The molecule has 21 heavy (non-hydrogen) atoms.